The topological polar surface area (TPSA) is 58.6 Å². The van der Waals surface area contributed by atoms with Gasteiger partial charge in [-0.2, -0.15) is 0 Å². The zero-order valence-corrected chi connectivity index (χ0v) is 24.0. The van der Waals surface area contributed by atoms with E-state index in [0.29, 0.717) is 23.7 Å². The summed E-state index contributed by atoms with van der Waals surface area (Å²) < 4.78 is 5.98. The zero-order valence-electron chi connectivity index (χ0n) is 23.2. The van der Waals surface area contributed by atoms with E-state index in [2.05, 4.69) is 11.4 Å². The first kappa shape index (κ1) is 28.7. The van der Waals surface area contributed by atoms with Gasteiger partial charge in [0.15, 0.2) is 6.61 Å². The van der Waals surface area contributed by atoms with E-state index in [1.54, 1.807) is 4.90 Å². The molecule has 3 aromatic rings. The van der Waals surface area contributed by atoms with E-state index in [1.165, 1.54) is 6.42 Å². The number of halogens is 1. The van der Waals surface area contributed by atoms with Crippen LogP contribution >= 0.6 is 11.6 Å². The molecule has 0 heterocycles. The van der Waals surface area contributed by atoms with E-state index in [1.807, 2.05) is 81.4 Å². The van der Waals surface area contributed by atoms with Gasteiger partial charge in [0.2, 0.25) is 5.91 Å². The maximum absolute atomic E-state index is 13.9. The third-order valence-corrected chi connectivity index (χ3v) is 8.03. The van der Waals surface area contributed by atoms with E-state index >= 15 is 0 Å². The van der Waals surface area contributed by atoms with Gasteiger partial charge in [0.25, 0.3) is 5.91 Å². The highest BCUT2D eigenvalue weighted by molar-refractivity contribution is 6.32. The number of carbonyl (C=O) groups is 2. The number of nitrogens with zero attached hydrogens (tertiary/aromatic N) is 1. The Kier molecular flexibility index (Phi) is 10.0. The van der Waals surface area contributed by atoms with Crippen molar-refractivity contribution in [3.8, 4) is 5.75 Å². The first-order valence-corrected chi connectivity index (χ1v) is 14.3. The van der Waals surface area contributed by atoms with Crippen molar-refractivity contribution in [1.82, 2.24) is 10.2 Å². The second-order valence-electron chi connectivity index (χ2n) is 10.7. The fourth-order valence-electron chi connectivity index (χ4n) is 5.32. The molecule has 1 aliphatic carbocycles. The molecule has 0 bridgehead atoms. The van der Waals surface area contributed by atoms with Gasteiger partial charge >= 0.3 is 0 Å². The maximum atomic E-state index is 13.9. The van der Waals surface area contributed by atoms with Crippen LogP contribution in [0.5, 0.6) is 5.75 Å². The molecule has 0 saturated heterocycles. The van der Waals surface area contributed by atoms with E-state index in [4.69, 9.17) is 16.3 Å². The lowest BCUT2D eigenvalue weighted by Crippen LogP contribution is -2.53. The Balaban J connectivity index is 1.62. The Hall–Kier alpha value is -3.31. The van der Waals surface area contributed by atoms with Crippen molar-refractivity contribution in [2.24, 2.45) is 0 Å². The first-order chi connectivity index (χ1) is 18.8. The zero-order chi connectivity index (χ0) is 27.8. The Morgan fingerprint density at radius 2 is 1.59 bits per heavy atom. The number of benzene rings is 3. The predicted octanol–water partition coefficient (Wildman–Crippen LogP) is 6.73. The molecule has 4 rings (SSSR count). The quantitative estimate of drug-likeness (QED) is 0.306. The molecule has 39 heavy (non-hydrogen) atoms. The Bertz CT molecular complexity index is 1250. The highest BCUT2D eigenvalue weighted by Crippen LogP contribution is 2.26. The van der Waals surface area contributed by atoms with Crippen molar-refractivity contribution in [3.05, 3.63) is 99.6 Å². The summed E-state index contributed by atoms with van der Waals surface area (Å²) in [5.41, 5.74) is 4.88. The highest BCUT2D eigenvalue weighted by atomic mass is 35.5. The van der Waals surface area contributed by atoms with Crippen LogP contribution in [0, 0.1) is 20.8 Å². The smallest absolute Gasteiger partial charge is 0.261 e. The molecule has 1 aliphatic rings. The van der Waals surface area contributed by atoms with Crippen LogP contribution in [0.25, 0.3) is 0 Å². The van der Waals surface area contributed by atoms with Crippen molar-refractivity contribution in [2.45, 2.75) is 77.9 Å². The number of rotatable bonds is 10. The van der Waals surface area contributed by atoms with Gasteiger partial charge in [0.05, 0.1) is 0 Å². The summed E-state index contributed by atoms with van der Waals surface area (Å²) in [4.78, 5) is 29.4. The lowest BCUT2D eigenvalue weighted by atomic mass is 9.94. The molecule has 0 radical (unpaired) electrons. The van der Waals surface area contributed by atoms with E-state index in [0.717, 1.165) is 53.5 Å². The minimum absolute atomic E-state index is 0.107. The van der Waals surface area contributed by atoms with Crippen LogP contribution in [-0.4, -0.2) is 35.4 Å². The van der Waals surface area contributed by atoms with Gasteiger partial charge in [-0.15, -0.1) is 0 Å². The average Bonchev–Trinajstić information content (AvgIpc) is 2.93. The van der Waals surface area contributed by atoms with Crippen LogP contribution in [0.15, 0.2) is 66.7 Å². The lowest BCUT2D eigenvalue weighted by Gasteiger charge is -2.33. The second kappa shape index (κ2) is 13.7. The Morgan fingerprint density at radius 3 is 2.26 bits per heavy atom. The molecule has 3 aromatic carbocycles. The summed E-state index contributed by atoms with van der Waals surface area (Å²) in [6.45, 7) is 6.01. The molecule has 1 saturated carbocycles. The SMILES string of the molecule is Cc1cccc(CN(C(=O)COc2cc(C)c(Cl)c(C)c2)[C@H](Cc2ccccc2)C(=O)NC2CCCCC2)c1. The Labute approximate surface area is 237 Å². The molecule has 2 amide bonds. The molecule has 0 aliphatic heterocycles. The van der Waals surface area contributed by atoms with Crippen molar-refractivity contribution >= 4 is 23.4 Å². The van der Waals surface area contributed by atoms with Gasteiger partial charge in [0.1, 0.15) is 11.8 Å². The molecule has 0 spiro atoms. The van der Waals surface area contributed by atoms with Crippen LogP contribution < -0.4 is 10.1 Å². The molecule has 206 valence electrons. The molecule has 0 aromatic heterocycles. The molecule has 6 heteroatoms. The molecule has 5 nitrogen and oxygen atoms in total. The van der Waals surface area contributed by atoms with Gasteiger partial charge < -0.3 is 15.0 Å². The van der Waals surface area contributed by atoms with Gasteiger partial charge in [-0.25, -0.2) is 0 Å². The molecule has 1 N–H and O–H groups in total. The molecular formula is C33H39ClN2O3. The molecule has 1 atom stereocenters. The average molecular weight is 547 g/mol. The van der Waals surface area contributed by atoms with E-state index in [9.17, 15) is 9.59 Å². The van der Waals surface area contributed by atoms with Gasteiger partial charge in [-0.1, -0.05) is 91.0 Å². The third kappa shape index (κ3) is 8.09. The van der Waals surface area contributed by atoms with E-state index in [-0.39, 0.29) is 24.5 Å². The maximum Gasteiger partial charge on any atom is 0.261 e. The summed E-state index contributed by atoms with van der Waals surface area (Å²) in [5, 5.41) is 3.97. The summed E-state index contributed by atoms with van der Waals surface area (Å²) >= 11 is 6.32. The van der Waals surface area contributed by atoms with Crippen molar-refractivity contribution in [1.29, 1.82) is 0 Å². The van der Waals surface area contributed by atoms with E-state index < -0.39 is 6.04 Å². The fraction of sp³-hybridized carbons (Fsp3) is 0.394. The largest absolute Gasteiger partial charge is 0.484 e. The van der Waals surface area contributed by atoms with Crippen molar-refractivity contribution in [2.75, 3.05) is 6.61 Å². The monoisotopic (exact) mass is 546 g/mol. The van der Waals surface area contributed by atoms with Crippen LogP contribution in [-0.2, 0) is 22.6 Å². The standard InChI is InChI=1S/C33H39ClN2O3/c1-23-11-10-14-27(17-23)21-36(31(37)22-39-29-18-24(2)32(34)25(3)19-29)30(20-26-12-6-4-7-13-26)33(38)35-28-15-8-5-9-16-28/h4,6-7,10-14,17-19,28,30H,5,8-9,15-16,20-22H2,1-3H3,(H,35,38)/t30-/m1/s1. The third-order valence-electron chi connectivity index (χ3n) is 7.43. The van der Waals surface area contributed by atoms with Gasteiger partial charge in [0, 0.05) is 24.0 Å². The van der Waals surface area contributed by atoms with Crippen LogP contribution in [0.3, 0.4) is 0 Å². The molecular weight excluding hydrogens is 508 g/mol. The molecule has 1 fully saturated rings. The number of hydrogen-bond acceptors (Lipinski definition) is 3. The van der Waals surface area contributed by atoms with Gasteiger partial charge in [-0.05, 0) is 68.0 Å². The van der Waals surface area contributed by atoms with Crippen molar-refractivity contribution in [3.63, 3.8) is 0 Å². The predicted molar refractivity (Wildman–Crippen MR) is 157 cm³/mol. The Morgan fingerprint density at radius 1 is 0.923 bits per heavy atom. The number of carbonyl (C=O) groups excluding carboxylic acids is 2. The summed E-state index contributed by atoms with van der Waals surface area (Å²) in [6, 6.07) is 21.1. The molecule has 0 unspecified atom stereocenters. The first-order valence-electron chi connectivity index (χ1n) is 13.9. The number of aryl methyl sites for hydroxylation is 3. The minimum Gasteiger partial charge on any atom is -0.484 e. The van der Waals surface area contributed by atoms with Crippen LogP contribution in [0.2, 0.25) is 5.02 Å². The van der Waals surface area contributed by atoms with Crippen LogP contribution in [0.1, 0.15) is 59.9 Å². The van der Waals surface area contributed by atoms with Gasteiger partial charge in [-0.3, -0.25) is 9.59 Å². The lowest BCUT2D eigenvalue weighted by molar-refractivity contribution is -0.143. The summed E-state index contributed by atoms with van der Waals surface area (Å²) in [5.74, 6) is 0.246. The normalized spacial score (nSPS) is 14.5. The fourth-order valence-corrected chi connectivity index (χ4v) is 5.43. The number of nitrogens with one attached hydrogen (secondary N) is 1. The number of ether oxygens (including phenoxy) is 1. The summed E-state index contributed by atoms with van der Waals surface area (Å²) in [6.07, 6.45) is 5.83. The minimum atomic E-state index is -0.667. The second-order valence-corrected chi connectivity index (χ2v) is 11.1. The van der Waals surface area contributed by atoms with Crippen molar-refractivity contribution < 1.29 is 14.3 Å². The van der Waals surface area contributed by atoms with Crippen LogP contribution in [0.4, 0.5) is 0 Å². The highest BCUT2D eigenvalue weighted by Gasteiger charge is 2.32. The number of amides is 2. The number of hydrogen-bond donors (Lipinski definition) is 1. The summed E-state index contributed by atoms with van der Waals surface area (Å²) in [7, 11) is 0.